The highest BCUT2D eigenvalue weighted by molar-refractivity contribution is 5.80. The predicted molar refractivity (Wildman–Crippen MR) is 47.2 cm³/mol. The Morgan fingerprint density at radius 2 is 2.14 bits per heavy atom. The number of amides is 1. The van der Waals surface area contributed by atoms with E-state index in [-0.39, 0.29) is 17.9 Å². The van der Waals surface area contributed by atoms with Crippen LogP contribution in [0.4, 0.5) is 0 Å². The molecule has 0 aliphatic rings. The van der Waals surface area contributed by atoms with E-state index in [1.807, 2.05) is 5.32 Å². The topological polar surface area (TPSA) is 93.4 Å². The molecule has 14 heavy (non-hydrogen) atoms. The van der Waals surface area contributed by atoms with Gasteiger partial charge in [-0.1, -0.05) is 6.07 Å². The molecule has 0 heterocycles. The number of rotatable bonds is 2. The maximum atomic E-state index is 10.9. The molecular formula is C9H8N2O3. The number of hydrogen-bond acceptors (Lipinski definition) is 4. The van der Waals surface area contributed by atoms with E-state index in [1.54, 1.807) is 0 Å². The summed E-state index contributed by atoms with van der Waals surface area (Å²) in [6.07, 6.45) is 1.49. The summed E-state index contributed by atoms with van der Waals surface area (Å²) in [6, 6.07) is 4.04. The molecule has 0 aliphatic heterocycles. The molecule has 1 amide bonds. The molecule has 5 nitrogen and oxygen atoms in total. The van der Waals surface area contributed by atoms with Gasteiger partial charge in [0.15, 0.2) is 17.7 Å². The molecule has 0 fully saturated rings. The molecule has 0 spiro atoms. The molecule has 0 saturated heterocycles. The first-order valence-corrected chi connectivity index (χ1v) is 3.82. The van der Waals surface area contributed by atoms with Gasteiger partial charge in [-0.25, -0.2) is 0 Å². The molecular weight excluding hydrogens is 184 g/mol. The van der Waals surface area contributed by atoms with Gasteiger partial charge in [0.2, 0.25) is 5.91 Å². The Hall–Kier alpha value is -2.22. The van der Waals surface area contributed by atoms with E-state index in [9.17, 15) is 4.79 Å². The van der Waals surface area contributed by atoms with Crippen LogP contribution in [-0.2, 0) is 11.2 Å². The van der Waals surface area contributed by atoms with E-state index >= 15 is 0 Å². The molecule has 0 bridgehead atoms. The number of benzene rings is 1. The van der Waals surface area contributed by atoms with E-state index in [4.69, 9.17) is 15.5 Å². The van der Waals surface area contributed by atoms with Crippen molar-refractivity contribution < 1.29 is 15.0 Å². The molecule has 0 saturated carbocycles. The fourth-order valence-corrected chi connectivity index (χ4v) is 0.971. The van der Waals surface area contributed by atoms with Gasteiger partial charge >= 0.3 is 0 Å². The average molecular weight is 192 g/mol. The summed E-state index contributed by atoms with van der Waals surface area (Å²) in [6.45, 7) is 0. The van der Waals surface area contributed by atoms with Crippen molar-refractivity contribution in [3.8, 4) is 17.7 Å². The predicted octanol–water partition coefficient (Wildman–Crippen LogP) is 0.238. The molecule has 72 valence electrons. The summed E-state index contributed by atoms with van der Waals surface area (Å²) < 4.78 is 0. The van der Waals surface area contributed by atoms with Crippen LogP contribution >= 0.6 is 0 Å². The molecule has 0 atom stereocenters. The van der Waals surface area contributed by atoms with E-state index in [0.29, 0.717) is 5.56 Å². The summed E-state index contributed by atoms with van der Waals surface area (Å²) in [5.74, 6) is -0.987. The highest BCUT2D eigenvalue weighted by Crippen LogP contribution is 2.24. The zero-order valence-electron chi connectivity index (χ0n) is 7.19. The number of nitrogens with zero attached hydrogens (tertiary/aromatic N) is 1. The second kappa shape index (κ2) is 4.14. The standard InChI is InChI=1S/C9H8N2O3/c10-5-11-9(14)4-6-1-2-7(12)8(13)3-6/h1-3,12-13H,4H2,(H,11,14). The number of hydrogen-bond donors (Lipinski definition) is 3. The molecule has 0 aliphatic carbocycles. The average Bonchev–Trinajstić information content (AvgIpc) is 2.12. The fourth-order valence-electron chi connectivity index (χ4n) is 0.971. The Morgan fingerprint density at radius 1 is 1.43 bits per heavy atom. The van der Waals surface area contributed by atoms with Crippen LogP contribution in [0.3, 0.4) is 0 Å². The van der Waals surface area contributed by atoms with Crippen molar-refractivity contribution in [3.05, 3.63) is 23.8 Å². The van der Waals surface area contributed by atoms with Crippen molar-refractivity contribution in [2.45, 2.75) is 6.42 Å². The molecule has 0 unspecified atom stereocenters. The fraction of sp³-hybridized carbons (Fsp3) is 0.111. The van der Waals surface area contributed by atoms with Crippen LogP contribution in [0.5, 0.6) is 11.5 Å². The number of nitrogens with one attached hydrogen (secondary N) is 1. The lowest BCUT2D eigenvalue weighted by Crippen LogP contribution is -2.19. The van der Waals surface area contributed by atoms with Crippen LogP contribution in [0, 0.1) is 11.5 Å². The van der Waals surface area contributed by atoms with Gasteiger partial charge in [0, 0.05) is 0 Å². The van der Waals surface area contributed by atoms with Crippen molar-refractivity contribution in [1.29, 1.82) is 5.26 Å². The number of phenols is 2. The van der Waals surface area contributed by atoms with E-state index in [0.717, 1.165) is 0 Å². The number of nitriles is 1. The van der Waals surface area contributed by atoms with Gasteiger partial charge in [-0.15, -0.1) is 0 Å². The maximum Gasteiger partial charge on any atom is 0.237 e. The second-order valence-corrected chi connectivity index (χ2v) is 2.66. The van der Waals surface area contributed by atoms with Gasteiger partial charge in [0.25, 0.3) is 0 Å². The summed E-state index contributed by atoms with van der Waals surface area (Å²) in [5, 5.41) is 28.2. The Balaban J connectivity index is 2.74. The smallest absolute Gasteiger partial charge is 0.237 e. The number of aromatic hydroxyl groups is 2. The molecule has 1 aromatic carbocycles. The highest BCUT2D eigenvalue weighted by atomic mass is 16.3. The van der Waals surface area contributed by atoms with Gasteiger partial charge in [-0.3, -0.25) is 10.1 Å². The normalized spacial score (nSPS) is 9.07. The number of carbonyl (C=O) groups excluding carboxylic acids is 1. The minimum Gasteiger partial charge on any atom is -0.504 e. The molecule has 3 N–H and O–H groups in total. The lowest BCUT2D eigenvalue weighted by molar-refractivity contribution is -0.119. The third kappa shape index (κ3) is 2.38. The van der Waals surface area contributed by atoms with E-state index in [1.165, 1.54) is 24.4 Å². The summed E-state index contributed by atoms with van der Waals surface area (Å²) >= 11 is 0. The second-order valence-electron chi connectivity index (χ2n) is 2.66. The van der Waals surface area contributed by atoms with Crippen LogP contribution in [0.15, 0.2) is 18.2 Å². The van der Waals surface area contributed by atoms with Crippen LogP contribution in [0.1, 0.15) is 5.56 Å². The van der Waals surface area contributed by atoms with E-state index in [2.05, 4.69) is 0 Å². The van der Waals surface area contributed by atoms with Crippen molar-refractivity contribution in [1.82, 2.24) is 5.32 Å². The molecule has 1 rings (SSSR count). The molecule has 0 radical (unpaired) electrons. The third-order valence-corrected chi connectivity index (χ3v) is 1.60. The van der Waals surface area contributed by atoms with Crippen molar-refractivity contribution >= 4 is 5.91 Å². The van der Waals surface area contributed by atoms with Gasteiger partial charge in [-0.05, 0) is 17.7 Å². The minimum absolute atomic E-state index is 0.0125. The van der Waals surface area contributed by atoms with Gasteiger partial charge in [0.05, 0.1) is 6.42 Å². The highest BCUT2D eigenvalue weighted by Gasteiger charge is 2.05. The third-order valence-electron chi connectivity index (χ3n) is 1.60. The Bertz CT molecular complexity index is 396. The Kier molecular flexibility index (Phi) is 2.92. The zero-order chi connectivity index (χ0) is 10.6. The Labute approximate surface area is 80.2 Å². The summed E-state index contributed by atoms with van der Waals surface area (Å²) in [7, 11) is 0. The maximum absolute atomic E-state index is 10.9. The first-order chi connectivity index (χ1) is 6.63. The van der Waals surface area contributed by atoms with Crippen LogP contribution in [0.25, 0.3) is 0 Å². The van der Waals surface area contributed by atoms with Crippen LogP contribution in [0.2, 0.25) is 0 Å². The molecule has 0 aromatic heterocycles. The van der Waals surface area contributed by atoms with Gasteiger partial charge in [0.1, 0.15) is 0 Å². The Morgan fingerprint density at radius 3 is 2.71 bits per heavy atom. The lowest BCUT2D eigenvalue weighted by Gasteiger charge is -2.01. The molecule has 5 heteroatoms. The monoisotopic (exact) mass is 192 g/mol. The van der Waals surface area contributed by atoms with Crippen molar-refractivity contribution in [2.75, 3.05) is 0 Å². The number of phenolic OH excluding ortho intramolecular Hbond substituents is 2. The summed E-state index contributed by atoms with van der Waals surface area (Å²) in [5.41, 5.74) is 0.521. The summed E-state index contributed by atoms with van der Waals surface area (Å²) in [4.78, 5) is 10.9. The largest absolute Gasteiger partial charge is 0.504 e. The number of carbonyl (C=O) groups is 1. The van der Waals surface area contributed by atoms with Gasteiger partial charge < -0.3 is 10.2 Å². The minimum atomic E-state index is -0.461. The zero-order valence-corrected chi connectivity index (χ0v) is 7.19. The SMILES string of the molecule is N#CNC(=O)Cc1ccc(O)c(O)c1. The van der Waals surface area contributed by atoms with Crippen molar-refractivity contribution in [3.63, 3.8) is 0 Å². The first-order valence-electron chi connectivity index (χ1n) is 3.82. The van der Waals surface area contributed by atoms with Gasteiger partial charge in [-0.2, -0.15) is 5.26 Å². The van der Waals surface area contributed by atoms with Crippen molar-refractivity contribution in [2.24, 2.45) is 0 Å². The lowest BCUT2D eigenvalue weighted by atomic mass is 10.1. The van der Waals surface area contributed by atoms with Crippen LogP contribution in [-0.4, -0.2) is 16.1 Å². The van der Waals surface area contributed by atoms with Crippen LogP contribution < -0.4 is 5.32 Å². The quantitative estimate of drug-likeness (QED) is 0.355. The molecule has 1 aromatic rings. The van der Waals surface area contributed by atoms with E-state index < -0.39 is 5.91 Å². The first kappa shape index (κ1) is 9.86.